The summed E-state index contributed by atoms with van der Waals surface area (Å²) < 4.78 is 1.05. The molecule has 0 radical (unpaired) electrons. The van der Waals surface area contributed by atoms with Crippen LogP contribution in [0, 0.1) is 5.92 Å². The third-order valence-corrected chi connectivity index (χ3v) is 3.61. The van der Waals surface area contributed by atoms with Crippen molar-refractivity contribution in [3.63, 3.8) is 0 Å². The number of carboxylic acids is 1. The highest BCUT2D eigenvalue weighted by atomic mass is 32.2. The van der Waals surface area contributed by atoms with Crippen LogP contribution in [0.1, 0.15) is 33.5 Å². The summed E-state index contributed by atoms with van der Waals surface area (Å²) in [4.78, 5) is 15.1. The highest BCUT2D eigenvalue weighted by molar-refractivity contribution is 8.00. The standard InChI is InChI=1S/C11H19N3O2S/c1-8(2)5-14-9(12-7-13-14)6-17-11(3,4)10(15)16/h7-8H,5-6H2,1-4H3,(H,15,16). The first-order valence-corrected chi connectivity index (χ1v) is 6.55. The Morgan fingerprint density at radius 3 is 2.76 bits per heavy atom. The van der Waals surface area contributed by atoms with Gasteiger partial charge in [-0.05, 0) is 19.8 Å². The van der Waals surface area contributed by atoms with Gasteiger partial charge in [-0.1, -0.05) is 13.8 Å². The molecular weight excluding hydrogens is 238 g/mol. The molecule has 0 atom stereocenters. The topological polar surface area (TPSA) is 68.0 Å². The molecule has 1 aromatic heterocycles. The van der Waals surface area contributed by atoms with Crippen LogP contribution in [0.25, 0.3) is 0 Å². The van der Waals surface area contributed by atoms with Crippen LogP contribution in [0.2, 0.25) is 0 Å². The molecule has 96 valence electrons. The minimum atomic E-state index is -0.808. The van der Waals surface area contributed by atoms with E-state index in [-0.39, 0.29) is 0 Å². The van der Waals surface area contributed by atoms with Crippen molar-refractivity contribution in [1.82, 2.24) is 14.8 Å². The Labute approximate surface area is 106 Å². The van der Waals surface area contributed by atoms with E-state index >= 15 is 0 Å². The van der Waals surface area contributed by atoms with E-state index in [1.54, 1.807) is 13.8 Å². The highest BCUT2D eigenvalue weighted by Crippen LogP contribution is 2.27. The van der Waals surface area contributed by atoms with Gasteiger partial charge in [0.25, 0.3) is 0 Å². The van der Waals surface area contributed by atoms with Gasteiger partial charge < -0.3 is 5.11 Å². The summed E-state index contributed by atoms with van der Waals surface area (Å²) in [5, 5.41) is 13.2. The molecule has 0 unspecified atom stereocenters. The lowest BCUT2D eigenvalue weighted by Crippen LogP contribution is -2.27. The maximum atomic E-state index is 11.0. The average Bonchev–Trinajstić information content (AvgIpc) is 2.61. The molecule has 1 aromatic rings. The Kier molecular flexibility index (Phi) is 4.56. The van der Waals surface area contributed by atoms with E-state index in [0.29, 0.717) is 11.7 Å². The SMILES string of the molecule is CC(C)Cn1ncnc1CSC(C)(C)C(=O)O. The Morgan fingerprint density at radius 2 is 2.24 bits per heavy atom. The van der Waals surface area contributed by atoms with Crippen LogP contribution in [-0.2, 0) is 17.1 Å². The monoisotopic (exact) mass is 257 g/mol. The summed E-state index contributed by atoms with van der Waals surface area (Å²) in [5.74, 6) is 1.08. The van der Waals surface area contributed by atoms with Crippen molar-refractivity contribution >= 4 is 17.7 Å². The third-order valence-electron chi connectivity index (χ3n) is 2.31. The number of hydrogen-bond acceptors (Lipinski definition) is 4. The molecule has 5 nitrogen and oxygen atoms in total. The lowest BCUT2D eigenvalue weighted by molar-refractivity contribution is -0.138. The summed E-state index contributed by atoms with van der Waals surface area (Å²) >= 11 is 1.36. The van der Waals surface area contributed by atoms with Crippen molar-refractivity contribution in [3.05, 3.63) is 12.2 Å². The minimum absolute atomic E-state index is 0.493. The van der Waals surface area contributed by atoms with Gasteiger partial charge in [0.05, 0.1) is 5.75 Å². The van der Waals surface area contributed by atoms with Crippen molar-refractivity contribution in [3.8, 4) is 0 Å². The number of carboxylic acid groups (broad SMARTS) is 1. The summed E-state index contributed by atoms with van der Waals surface area (Å²) in [6, 6.07) is 0. The second-order valence-electron chi connectivity index (χ2n) is 4.86. The van der Waals surface area contributed by atoms with Gasteiger partial charge >= 0.3 is 5.97 Å². The van der Waals surface area contributed by atoms with E-state index in [0.717, 1.165) is 12.4 Å². The van der Waals surface area contributed by atoms with E-state index in [9.17, 15) is 4.79 Å². The summed E-state index contributed by atoms with van der Waals surface area (Å²) in [6.45, 7) is 8.43. The average molecular weight is 257 g/mol. The highest BCUT2D eigenvalue weighted by Gasteiger charge is 2.28. The molecular formula is C11H19N3O2S. The van der Waals surface area contributed by atoms with E-state index in [2.05, 4.69) is 23.9 Å². The zero-order valence-corrected chi connectivity index (χ0v) is 11.5. The van der Waals surface area contributed by atoms with Crippen molar-refractivity contribution in [2.45, 2.75) is 44.7 Å². The number of aromatic nitrogens is 3. The van der Waals surface area contributed by atoms with Gasteiger partial charge in [-0.3, -0.25) is 4.79 Å². The normalized spacial score (nSPS) is 12.1. The van der Waals surface area contributed by atoms with Crippen molar-refractivity contribution in [1.29, 1.82) is 0 Å². The van der Waals surface area contributed by atoms with Crippen LogP contribution < -0.4 is 0 Å². The Balaban J connectivity index is 2.64. The molecule has 0 saturated heterocycles. The molecule has 0 aliphatic heterocycles. The third kappa shape index (κ3) is 4.03. The lowest BCUT2D eigenvalue weighted by Gasteiger charge is -2.18. The van der Waals surface area contributed by atoms with Gasteiger partial charge in [0.1, 0.15) is 16.9 Å². The molecule has 1 N–H and O–H groups in total. The number of aliphatic carboxylic acids is 1. The fraction of sp³-hybridized carbons (Fsp3) is 0.727. The van der Waals surface area contributed by atoms with Crippen LogP contribution in [0.3, 0.4) is 0 Å². The number of rotatable bonds is 6. The van der Waals surface area contributed by atoms with Crippen molar-refractivity contribution in [2.75, 3.05) is 0 Å². The van der Waals surface area contributed by atoms with E-state index < -0.39 is 10.7 Å². The first kappa shape index (κ1) is 14.0. The quantitative estimate of drug-likeness (QED) is 0.844. The van der Waals surface area contributed by atoms with Crippen molar-refractivity contribution < 1.29 is 9.90 Å². The van der Waals surface area contributed by atoms with Crippen LogP contribution in [0.4, 0.5) is 0 Å². The molecule has 0 amide bonds. The maximum absolute atomic E-state index is 11.0. The Hall–Kier alpha value is -1.04. The molecule has 0 aromatic carbocycles. The zero-order valence-electron chi connectivity index (χ0n) is 10.7. The van der Waals surface area contributed by atoms with E-state index in [4.69, 9.17) is 5.11 Å². The zero-order chi connectivity index (χ0) is 13.1. The molecule has 0 aliphatic carbocycles. The van der Waals surface area contributed by atoms with Gasteiger partial charge in [-0.25, -0.2) is 9.67 Å². The molecule has 0 bridgehead atoms. The molecule has 0 aliphatic rings. The first-order valence-electron chi connectivity index (χ1n) is 5.57. The predicted molar refractivity (Wildman–Crippen MR) is 67.9 cm³/mol. The Bertz CT molecular complexity index is 388. The van der Waals surface area contributed by atoms with Crippen molar-refractivity contribution in [2.24, 2.45) is 5.92 Å². The first-order chi connectivity index (χ1) is 7.83. The van der Waals surface area contributed by atoms with Gasteiger partial charge in [0.15, 0.2) is 0 Å². The van der Waals surface area contributed by atoms with Crippen LogP contribution in [-0.4, -0.2) is 30.6 Å². The summed E-state index contributed by atoms with van der Waals surface area (Å²) in [6.07, 6.45) is 1.52. The smallest absolute Gasteiger partial charge is 0.319 e. The van der Waals surface area contributed by atoms with Gasteiger partial charge in [0, 0.05) is 6.54 Å². The Morgan fingerprint density at radius 1 is 1.59 bits per heavy atom. The van der Waals surface area contributed by atoms with E-state index in [1.165, 1.54) is 18.1 Å². The maximum Gasteiger partial charge on any atom is 0.319 e. The molecule has 0 spiro atoms. The number of thioether (sulfide) groups is 1. The minimum Gasteiger partial charge on any atom is -0.480 e. The number of hydrogen-bond donors (Lipinski definition) is 1. The number of nitrogens with zero attached hydrogens (tertiary/aromatic N) is 3. The fourth-order valence-electron chi connectivity index (χ4n) is 1.20. The molecule has 0 fully saturated rings. The largest absolute Gasteiger partial charge is 0.480 e. The molecule has 6 heteroatoms. The summed E-state index contributed by atoms with van der Waals surface area (Å²) in [5.41, 5.74) is 0. The second-order valence-corrected chi connectivity index (χ2v) is 6.45. The molecule has 1 rings (SSSR count). The van der Waals surface area contributed by atoms with Gasteiger partial charge in [-0.2, -0.15) is 5.10 Å². The molecule has 0 saturated carbocycles. The van der Waals surface area contributed by atoms with Gasteiger partial charge in [-0.15, -0.1) is 11.8 Å². The van der Waals surface area contributed by atoms with Crippen LogP contribution >= 0.6 is 11.8 Å². The second kappa shape index (κ2) is 5.53. The predicted octanol–water partition coefficient (Wildman–Crippen LogP) is 2.03. The summed E-state index contributed by atoms with van der Waals surface area (Å²) in [7, 11) is 0. The molecule has 17 heavy (non-hydrogen) atoms. The van der Waals surface area contributed by atoms with E-state index in [1.807, 2.05) is 4.68 Å². The van der Waals surface area contributed by atoms with Crippen LogP contribution in [0.15, 0.2) is 6.33 Å². The number of carbonyl (C=O) groups is 1. The van der Waals surface area contributed by atoms with Gasteiger partial charge in [0.2, 0.25) is 0 Å². The lowest BCUT2D eigenvalue weighted by atomic mass is 10.2. The van der Waals surface area contributed by atoms with Crippen LogP contribution in [0.5, 0.6) is 0 Å². The fourth-order valence-corrected chi connectivity index (χ4v) is 2.04. The molecule has 1 heterocycles.